The number of hydrogen-bond donors (Lipinski definition) is 1. The van der Waals surface area contributed by atoms with Gasteiger partial charge in [0.05, 0.1) is 11.1 Å². The van der Waals surface area contributed by atoms with E-state index in [1.807, 2.05) is 12.1 Å². The van der Waals surface area contributed by atoms with Gasteiger partial charge in [-0.25, -0.2) is 4.98 Å². The molecule has 0 atom stereocenters. The Kier molecular flexibility index (Phi) is 3.17. The minimum absolute atomic E-state index is 0.263. The van der Waals surface area contributed by atoms with E-state index in [0.29, 0.717) is 17.1 Å². The fourth-order valence-corrected chi connectivity index (χ4v) is 1.44. The Morgan fingerprint density at radius 2 is 1.83 bits per heavy atom. The molecule has 0 aliphatic rings. The number of nitrogens with zero attached hydrogens (tertiary/aromatic N) is 3. The zero-order valence-electron chi connectivity index (χ0n) is 9.18. The van der Waals surface area contributed by atoms with Crippen molar-refractivity contribution < 1.29 is 4.39 Å². The number of nitrogens with one attached hydrogen (secondary N) is 1. The maximum Gasteiger partial charge on any atom is 0.214 e. The standard InChI is InChI=1S/C13H7FN4/c14-12-2-1-3-13(18-12)17-11-5-4-9(7-15)10(6-11)8-16/h1-6H,(H,17,18). The Labute approximate surface area is 103 Å². The van der Waals surface area contributed by atoms with E-state index in [2.05, 4.69) is 10.3 Å². The van der Waals surface area contributed by atoms with E-state index in [0.717, 1.165) is 0 Å². The van der Waals surface area contributed by atoms with Crippen LogP contribution in [0.2, 0.25) is 0 Å². The summed E-state index contributed by atoms with van der Waals surface area (Å²) in [5, 5.41) is 20.5. The van der Waals surface area contributed by atoms with Gasteiger partial charge in [-0.05, 0) is 30.3 Å². The monoisotopic (exact) mass is 238 g/mol. The molecule has 0 bridgehead atoms. The quantitative estimate of drug-likeness (QED) is 0.816. The second kappa shape index (κ2) is 4.94. The van der Waals surface area contributed by atoms with Gasteiger partial charge in [-0.3, -0.25) is 0 Å². The summed E-state index contributed by atoms with van der Waals surface area (Å²) in [4.78, 5) is 3.64. The molecule has 0 amide bonds. The van der Waals surface area contributed by atoms with Crippen molar-refractivity contribution in [2.75, 3.05) is 5.32 Å². The Balaban J connectivity index is 2.31. The van der Waals surface area contributed by atoms with E-state index in [1.165, 1.54) is 24.3 Å². The lowest BCUT2D eigenvalue weighted by molar-refractivity contribution is 0.585. The van der Waals surface area contributed by atoms with Crippen LogP contribution in [-0.2, 0) is 0 Å². The molecule has 86 valence electrons. The number of nitriles is 2. The summed E-state index contributed by atoms with van der Waals surface area (Å²) in [5.74, 6) is -0.252. The van der Waals surface area contributed by atoms with E-state index in [9.17, 15) is 4.39 Å². The molecule has 1 N–H and O–H groups in total. The average Bonchev–Trinajstić information content (AvgIpc) is 2.38. The van der Waals surface area contributed by atoms with Gasteiger partial charge in [-0.15, -0.1) is 0 Å². The van der Waals surface area contributed by atoms with Crippen LogP contribution in [0.4, 0.5) is 15.9 Å². The fraction of sp³-hybridized carbons (Fsp3) is 0. The second-order valence-corrected chi connectivity index (χ2v) is 3.45. The third-order valence-electron chi connectivity index (χ3n) is 2.25. The van der Waals surface area contributed by atoms with Crippen molar-refractivity contribution in [2.45, 2.75) is 0 Å². The Morgan fingerprint density at radius 1 is 1.06 bits per heavy atom. The molecule has 0 radical (unpaired) electrons. The highest BCUT2D eigenvalue weighted by molar-refractivity contribution is 5.61. The van der Waals surface area contributed by atoms with Gasteiger partial charge in [-0.2, -0.15) is 14.9 Å². The minimum atomic E-state index is -0.589. The number of anilines is 2. The molecule has 2 rings (SSSR count). The minimum Gasteiger partial charge on any atom is -0.340 e. The summed E-state index contributed by atoms with van der Waals surface area (Å²) < 4.78 is 12.9. The van der Waals surface area contributed by atoms with Crippen LogP contribution < -0.4 is 5.32 Å². The fourth-order valence-electron chi connectivity index (χ4n) is 1.44. The molecule has 0 spiro atoms. The summed E-state index contributed by atoms with van der Waals surface area (Å²) in [5.41, 5.74) is 1.14. The number of halogens is 1. The second-order valence-electron chi connectivity index (χ2n) is 3.45. The lowest BCUT2D eigenvalue weighted by Crippen LogP contribution is -1.96. The van der Waals surface area contributed by atoms with Gasteiger partial charge >= 0.3 is 0 Å². The molecule has 18 heavy (non-hydrogen) atoms. The van der Waals surface area contributed by atoms with Gasteiger partial charge in [0.15, 0.2) is 0 Å². The van der Waals surface area contributed by atoms with E-state index in [-0.39, 0.29) is 5.56 Å². The van der Waals surface area contributed by atoms with Crippen LogP contribution >= 0.6 is 0 Å². The average molecular weight is 238 g/mol. The third kappa shape index (κ3) is 2.42. The summed E-state index contributed by atoms with van der Waals surface area (Å²) in [6.45, 7) is 0. The first-order valence-corrected chi connectivity index (χ1v) is 5.07. The number of benzene rings is 1. The van der Waals surface area contributed by atoms with E-state index in [4.69, 9.17) is 10.5 Å². The molecule has 5 heteroatoms. The number of aromatic nitrogens is 1. The molecule has 2 aromatic rings. The molecule has 0 aliphatic heterocycles. The van der Waals surface area contributed by atoms with Crippen molar-refractivity contribution in [3.63, 3.8) is 0 Å². The normalized spacial score (nSPS) is 9.28. The highest BCUT2D eigenvalue weighted by Crippen LogP contribution is 2.18. The Bertz CT molecular complexity index is 667. The molecular formula is C13H7FN4. The van der Waals surface area contributed by atoms with Crippen LogP contribution in [0.1, 0.15) is 11.1 Å². The number of rotatable bonds is 2. The smallest absolute Gasteiger partial charge is 0.214 e. The first-order valence-electron chi connectivity index (χ1n) is 5.07. The molecule has 4 nitrogen and oxygen atoms in total. The van der Waals surface area contributed by atoms with Crippen LogP contribution in [-0.4, -0.2) is 4.98 Å². The first-order chi connectivity index (χ1) is 8.72. The first kappa shape index (κ1) is 11.6. The van der Waals surface area contributed by atoms with Crippen LogP contribution in [0, 0.1) is 28.6 Å². The van der Waals surface area contributed by atoms with Crippen molar-refractivity contribution in [3.8, 4) is 12.1 Å². The van der Waals surface area contributed by atoms with Gasteiger partial charge in [-0.1, -0.05) is 6.07 Å². The lowest BCUT2D eigenvalue weighted by Gasteiger charge is -2.06. The van der Waals surface area contributed by atoms with Gasteiger partial charge < -0.3 is 5.32 Å². The molecule has 0 unspecified atom stereocenters. The summed E-state index contributed by atoms with van der Waals surface area (Å²) in [7, 11) is 0. The molecule has 0 saturated carbocycles. The molecule has 0 aliphatic carbocycles. The Hall–Kier alpha value is -2.92. The van der Waals surface area contributed by atoms with Crippen molar-refractivity contribution in [1.82, 2.24) is 4.98 Å². The maximum absolute atomic E-state index is 12.9. The molecule has 0 fully saturated rings. The molecule has 1 heterocycles. The zero-order chi connectivity index (χ0) is 13.0. The third-order valence-corrected chi connectivity index (χ3v) is 2.25. The summed E-state index contributed by atoms with van der Waals surface area (Å²) >= 11 is 0. The van der Waals surface area contributed by atoms with Gasteiger partial charge in [0.2, 0.25) is 5.95 Å². The highest BCUT2D eigenvalue weighted by atomic mass is 19.1. The molecular weight excluding hydrogens is 231 g/mol. The van der Waals surface area contributed by atoms with E-state index < -0.39 is 5.95 Å². The van der Waals surface area contributed by atoms with Crippen molar-refractivity contribution in [3.05, 3.63) is 53.5 Å². The largest absolute Gasteiger partial charge is 0.340 e. The van der Waals surface area contributed by atoms with Crippen LogP contribution in [0.3, 0.4) is 0 Å². The van der Waals surface area contributed by atoms with Crippen molar-refractivity contribution >= 4 is 11.5 Å². The van der Waals surface area contributed by atoms with Crippen LogP contribution in [0.25, 0.3) is 0 Å². The molecule has 1 aromatic carbocycles. The topological polar surface area (TPSA) is 72.5 Å². The number of hydrogen-bond acceptors (Lipinski definition) is 4. The highest BCUT2D eigenvalue weighted by Gasteiger charge is 2.04. The summed E-state index contributed by atoms with van der Waals surface area (Å²) in [6, 6.07) is 12.9. The zero-order valence-corrected chi connectivity index (χ0v) is 9.18. The van der Waals surface area contributed by atoms with Gasteiger partial charge in [0.25, 0.3) is 0 Å². The van der Waals surface area contributed by atoms with Gasteiger partial charge in [0.1, 0.15) is 18.0 Å². The Morgan fingerprint density at radius 3 is 2.50 bits per heavy atom. The lowest BCUT2D eigenvalue weighted by atomic mass is 10.1. The summed E-state index contributed by atoms with van der Waals surface area (Å²) in [6.07, 6.45) is 0. The van der Waals surface area contributed by atoms with Crippen molar-refractivity contribution in [2.24, 2.45) is 0 Å². The SMILES string of the molecule is N#Cc1ccc(Nc2cccc(F)n2)cc1C#N. The van der Waals surface area contributed by atoms with Gasteiger partial charge in [0, 0.05) is 5.69 Å². The van der Waals surface area contributed by atoms with Crippen LogP contribution in [0.5, 0.6) is 0 Å². The van der Waals surface area contributed by atoms with Crippen LogP contribution in [0.15, 0.2) is 36.4 Å². The van der Waals surface area contributed by atoms with Crippen molar-refractivity contribution in [1.29, 1.82) is 10.5 Å². The maximum atomic E-state index is 12.9. The van der Waals surface area contributed by atoms with E-state index >= 15 is 0 Å². The van der Waals surface area contributed by atoms with E-state index in [1.54, 1.807) is 12.1 Å². The predicted octanol–water partition coefficient (Wildman–Crippen LogP) is 2.71. The molecule has 0 saturated heterocycles. The predicted molar refractivity (Wildman–Crippen MR) is 63.3 cm³/mol. The molecule has 1 aromatic heterocycles. The number of pyridine rings is 1.